The van der Waals surface area contributed by atoms with E-state index >= 15 is 0 Å². The van der Waals surface area contributed by atoms with Gasteiger partial charge in [-0.15, -0.1) is 11.3 Å². The predicted octanol–water partition coefficient (Wildman–Crippen LogP) is 3.46. The highest BCUT2D eigenvalue weighted by Crippen LogP contribution is 2.31. The van der Waals surface area contributed by atoms with Crippen molar-refractivity contribution in [3.8, 4) is 0 Å². The number of thiophene rings is 1. The summed E-state index contributed by atoms with van der Waals surface area (Å²) in [5.41, 5.74) is 0.314. The van der Waals surface area contributed by atoms with Crippen molar-refractivity contribution in [1.82, 2.24) is 0 Å². The number of sulfonamides is 1. The van der Waals surface area contributed by atoms with Gasteiger partial charge >= 0.3 is 5.97 Å². The molecule has 0 aliphatic rings. The molecule has 0 aliphatic heterocycles. The van der Waals surface area contributed by atoms with Crippen LogP contribution in [0.2, 0.25) is 0 Å². The van der Waals surface area contributed by atoms with Crippen LogP contribution >= 0.6 is 27.3 Å². The lowest BCUT2D eigenvalue weighted by atomic mass is 10.3. The van der Waals surface area contributed by atoms with Gasteiger partial charge in [0.1, 0.15) is 15.6 Å². The lowest BCUT2D eigenvalue weighted by Gasteiger charge is -2.10. The summed E-state index contributed by atoms with van der Waals surface area (Å²) in [5, 5.41) is 10.5. The molecule has 0 unspecified atom stereocenters. The van der Waals surface area contributed by atoms with E-state index in [1.807, 2.05) is 0 Å². The van der Waals surface area contributed by atoms with Gasteiger partial charge < -0.3 is 5.11 Å². The van der Waals surface area contributed by atoms with Crippen molar-refractivity contribution in [3.63, 3.8) is 0 Å². The van der Waals surface area contributed by atoms with E-state index in [2.05, 4.69) is 20.7 Å². The summed E-state index contributed by atoms with van der Waals surface area (Å²) >= 11 is 3.93. The number of nitrogens with one attached hydrogen (secondary N) is 1. The van der Waals surface area contributed by atoms with Crippen molar-refractivity contribution in [2.75, 3.05) is 4.72 Å². The van der Waals surface area contributed by atoms with Gasteiger partial charge in [-0.1, -0.05) is 0 Å². The Morgan fingerprint density at radius 1 is 1.43 bits per heavy atom. The van der Waals surface area contributed by atoms with Crippen molar-refractivity contribution in [2.24, 2.45) is 0 Å². The quantitative estimate of drug-likeness (QED) is 0.832. The SMILES string of the molecule is Cc1csc(C(=O)O)c1S(=O)(=O)Nc1cc(F)ccc1Br. The van der Waals surface area contributed by atoms with Crippen LogP contribution in [0.1, 0.15) is 15.2 Å². The van der Waals surface area contributed by atoms with E-state index in [1.54, 1.807) is 0 Å². The number of hydrogen-bond acceptors (Lipinski definition) is 4. The lowest BCUT2D eigenvalue weighted by molar-refractivity contribution is 0.0698. The molecule has 0 radical (unpaired) electrons. The molecular formula is C12H9BrFNO4S2. The highest BCUT2D eigenvalue weighted by atomic mass is 79.9. The number of halogens is 2. The summed E-state index contributed by atoms with van der Waals surface area (Å²) in [7, 11) is -4.13. The third-order valence-corrected chi connectivity index (χ3v) is 6.01. The Morgan fingerprint density at radius 2 is 2.10 bits per heavy atom. The third-order valence-electron chi connectivity index (χ3n) is 2.55. The molecule has 1 heterocycles. The Morgan fingerprint density at radius 3 is 2.71 bits per heavy atom. The zero-order valence-electron chi connectivity index (χ0n) is 10.6. The topological polar surface area (TPSA) is 83.5 Å². The second-order valence-electron chi connectivity index (χ2n) is 4.11. The Balaban J connectivity index is 2.51. The van der Waals surface area contributed by atoms with Gasteiger partial charge in [-0.25, -0.2) is 17.6 Å². The van der Waals surface area contributed by atoms with E-state index in [0.29, 0.717) is 10.0 Å². The largest absolute Gasteiger partial charge is 0.477 e. The number of aryl methyl sites for hydroxylation is 1. The summed E-state index contributed by atoms with van der Waals surface area (Å²) in [6, 6.07) is 3.52. The third kappa shape index (κ3) is 3.25. The van der Waals surface area contributed by atoms with Gasteiger partial charge in [0.15, 0.2) is 0 Å². The molecule has 1 aromatic heterocycles. The minimum atomic E-state index is -4.13. The maximum absolute atomic E-state index is 13.2. The van der Waals surface area contributed by atoms with Crippen LogP contribution in [0.5, 0.6) is 0 Å². The molecule has 5 nitrogen and oxygen atoms in total. The molecule has 0 spiro atoms. The zero-order valence-corrected chi connectivity index (χ0v) is 13.8. The fraction of sp³-hybridized carbons (Fsp3) is 0.0833. The number of hydrogen-bond donors (Lipinski definition) is 2. The van der Waals surface area contributed by atoms with E-state index in [-0.39, 0.29) is 15.5 Å². The summed E-state index contributed by atoms with van der Waals surface area (Å²) in [6.07, 6.45) is 0. The molecular weight excluding hydrogens is 385 g/mol. The van der Waals surface area contributed by atoms with Crippen molar-refractivity contribution in [2.45, 2.75) is 11.8 Å². The predicted molar refractivity (Wildman–Crippen MR) is 80.9 cm³/mol. The lowest BCUT2D eigenvalue weighted by Crippen LogP contribution is -2.16. The van der Waals surface area contributed by atoms with Crippen LogP contribution in [-0.2, 0) is 10.0 Å². The van der Waals surface area contributed by atoms with Gasteiger partial charge in [-0.3, -0.25) is 4.72 Å². The molecule has 2 rings (SSSR count). The molecule has 0 amide bonds. The van der Waals surface area contributed by atoms with E-state index < -0.39 is 21.8 Å². The molecule has 21 heavy (non-hydrogen) atoms. The monoisotopic (exact) mass is 393 g/mol. The van der Waals surface area contributed by atoms with Crippen molar-refractivity contribution >= 4 is 48.9 Å². The molecule has 0 bridgehead atoms. The molecule has 0 fully saturated rings. The number of aromatic carboxylic acids is 1. The highest BCUT2D eigenvalue weighted by Gasteiger charge is 2.27. The molecule has 1 aromatic carbocycles. The van der Waals surface area contributed by atoms with Gasteiger partial charge in [0, 0.05) is 4.47 Å². The highest BCUT2D eigenvalue weighted by molar-refractivity contribution is 9.10. The smallest absolute Gasteiger partial charge is 0.347 e. The molecule has 9 heteroatoms. The second kappa shape index (κ2) is 5.74. The van der Waals surface area contributed by atoms with Gasteiger partial charge in [-0.05, 0) is 52.0 Å². The van der Waals surface area contributed by atoms with Gasteiger partial charge in [-0.2, -0.15) is 0 Å². The molecule has 2 aromatic rings. The Labute approximate surface area is 132 Å². The number of carbonyl (C=O) groups is 1. The summed E-state index contributed by atoms with van der Waals surface area (Å²) in [4.78, 5) is 10.5. The molecule has 0 aliphatic carbocycles. The van der Waals surface area contributed by atoms with Crippen LogP contribution in [0.25, 0.3) is 0 Å². The molecule has 112 valence electrons. The molecule has 0 saturated carbocycles. The van der Waals surface area contributed by atoms with Gasteiger partial charge in [0.05, 0.1) is 5.69 Å². The number of rotatable bonds is 4. The van der Waals surface area contributed by atoms with E-state index in [1.165, 1.54) is 24.4 Å². The number of benzene rings is 1. The first-order valence-corrected chi connectivity index (χ1v) is 8.67. The normalized spacial score (nSPS) is 11.4. The Bertz CT molecular complexity index is 817. The van der Waals surface area contributed by atoms with Gasteiger partial charge in [0.25, 0.3) is 10.0 Å². The summed E-state index contributed by atoms with van der Waals surface area (Å²) in [5.74, 6) is -1.94. The Hall–Kier alpha value is -1.45. The molecule has 0 saturated heterocycles. The van der Waals surface area contributed by atoms with Crippen LogP contribution in [0.15, 0.2) is 32.9 Å². The maximum Gasteiger partial charge on any atom is 0.347 e. The molecule has 0 atom stereocenters. The maximum atomic E-state index is 13.2. The number of anilines is 1. The second-order valence-corrected chi connectivity index (χ2v) is 7.47. The van der Waals surface area contributed by atoms with Crippen LogP contribution in [-0.4, -0.2) is 19.5 Å². The van der Waals surface area contributed by atoms with Crippen LogP contribution < -0.4 is 4.72 Å². The van der Waals surface area contributed by atoms with Crippen LogP contribution in [0.3, 0.4) is 0 Å². The average molecular weight is 394 g/mol. The van der Waals surface area contributed by atoms with E-state index in [0.717, 1.165) is 17.4 Å². The fourth-order valence-electron chi connectivity index (χ4n) is 1.69. The number of carboxylic acids is 1. The fourth-order valence-corrected chi connectivity index (χ4v) is 4.87. The minimum Gasteiger partial charge on any atom is -0.477 e. The first kappa shape index (κ1) is 15.9. The first-order valence-electron chi connectivity index (χ1n) is 5.51. The van der Waals surface area contributed by atoms with Crippen LogP contribution in [0.4, 0.5) is 10.1 Å². The summed E-state index contributed by atoms with van der Waals surface area (Å²) < 4.78 is 40.5. The average Bonchev–Trinajstić information content (AvgIpc) is 2.76. The standard InChI is InChI=1S/C12H9BrFNO4S2/c1-6-5-20-10(12(16)17)11(6)21(18,19)15-9-4-7(14)2-3-8(9)13/h2-5,15H,1H3,(H,16,17). The zero-order chi connectivity index (χ0) is 15.8. The number of carboxylic acid groups (broad SMARTS) is 1. The minimum absolute atomic E-state index is 0.00283. The van der Waals surface area contributed by atoms with Crippen molar-refractivity contribution < 1.29 is 22.7 Å². The Kier molecular flexibility index (Phi) is 4.35. The summed E-state index contributed by atoms with van der Waals surface area (Å²) in [6.45, 7) is 1.50. The molecule has 2 N–H and O–H groups in total. The van der Waals surface area contributed by atoms with Crippen molar-refractivity contribution in [3.05, 3.63) is 44.3 Å². The van der Waals surface area contributed by atoms with Crippen molar-refractivity contribution in [1.29, 1.82) is 0 Å². The van der Waals surface area contributed by atoms with E-state index in [9.17, 15) is 17.6 Å². The van der Waals surface area contributed by atoms with Gasteiger partial charge in [0.2, 0.25) is 0 Å². The van der Waals surface area contributed by atoms with E-state index in [4.69, 9.17) is 5.11 Å². The first-order chi connectivity index (χ1) is 9.72. The van der Waals surface area contributed by atoms with Crippen LogP contribution in [0, 0.1) is 12.7 Å².